The summed E-state index contributed by atoms with van der Waals surface area (Å²) >= 11 is 1.08. The average Bonchev–Trinajstić information content (AvgIpc) is 2.70. The fraction of sp³-hybridized carbons (Fsp3) is 0.435. The van der Waals surface area contributed by atoms with E-state index in [9.17, 15) is 19.5 Å². The third-order valence-electron chi connectivity index (χ3n) is 4.38. The molecule has 8 nitrogen and oxygen atoms in total. The van der Waals surface area contributed by atoms with Crippen LogP contribution in [0.15, 0.2) is 48.5 Å². The Morgan fingerprint density at radius 3 is 1.85 bits per heavy atom. The van der Waals surface area contributed by atoms with E-state index < -0.39 is 18.2 Å². The molecule has 0 aromatic heterocycles. The van der Waals surface area contributed by atoms with Gasteiger partial charge in [-0.25, -0.2) is 4.57 Å². The number of phosphoric acid groups is 1. The van der Waals surface area contributed by atoms with Gasteiger partial charge in [-0.05, 0) is 35.2 Å². The van der Waals surface area contributed by atoms with Crippen LogP contribution in [0.2, 0.25) is 0 Å². The fourth-order valence-electron chi connectivity index (χ4n) is 2.47. The lowest BCUT2D eigenvalue weighted by molar-refractivity contribution is -0.384. The molecule has 2 rings (SSSR count). The zero-order chi connectivity index (χ0) is 24.9. The summed E-state index contributed by atoms with van der Waals surface area (Å²) in [5.74, 6) is 0.635. The van der Waals surface area contributed by atoms with Gasteiger partial charge >= 0.3 is 7.82 Å². The molecule has 1 unspecified atom stereocenters. The lowest BCUT2D eigenvalue weighted by atomic mass is 9.87. The van der Waals surface area contributed by atoms with E-state index in [4.69, 9.17) is 13.6 Å². The molecule has 0 saturated carbocycles. The molecule has 0 saturated heterocycles. The quantitative estimate of drug-likeness (QED) is 0.162. The third kappa shape index (κ3) is 8.50. The Bertz CT molecular complexity index is 1010. The van der Waals surface area contributed by atoms with E-state index >= 15 is 0 Å². The van der Waals surface area contributed by atoms with Crippen molar-refractivity contribution in [3.8, 4) is 11.5 Å². The van der Waals surface area contributed by atoms with Crippen molar-refractivity contribution in [1.29, 1.82) is 0 Å². The van der Waals surface area contributed by atoms with Gasteiger partial charge in [-0.15, -0.1) is 0 Å². The molecule has 0 heterocycles. The number of rotatable bonds is 9. The van der Waals surface area contributed by atoms with Crippen molar-refractivity contribution in [2.45, 2.75) is 47.0 Å². The summed E-state index contributed by atoms with van der Waals surface area (Å²) in [7, 11) is -4.15. The summed E-state index contributed by atoms with van der Waals surface area (Å²) in [4.78, 5) is 22.4. The maximum atomic E-state index is 13.4. The molecule has 33 heavy (non-hydrogen) atoms. The van der Waals surface area contributed by atoms with Crippen LogP contribution in [0.5, 0.6) is 11.5 Å². The van der Waals surface area contributed by atoms with Crippen molar-refractivity contribution < 1.29 is 27.9 Å². The molecule has 0 spiro atoms. The molecule has 0 aliphatic carbocycles. The van der Waals surface area contributed by atoms with E-state index in [1.165, 1.54) is 24.3 Å². The summed E-state index contributed by atoms with van der Waals surface area (Å²) in [5.41, 5.74) is 0.368. The molecule has 10 heteroatoms. The van der Waals surface area contributed by atoms with Crippen molar-refractivity contribution in [1.82, 2.24) is 0 Å². The van der Waals surface area contributed by atoms with Crippen LogP contribution in [0, 0.1) is 15.5 Å². The van der Waals surface area contributed by atoms with Gasteiger partial charge in [-0.3, -0.25) is 19.4 Å². The monoisotopic (exact) mass is 495 g/mol. The van der Waals surface area contributed by atoms with Gasteiger partial charge in [0.15, 0.2) is 5.12 Å². The molecule has 0 aliphatic heterocycles. The Balaban J connectivity index is 2.16. The van der Waals surface area contributed by atoms with Crippen molar-refractivity contribution >= 4 is 30.4 Å². The second-order valence-corrected chi connectivity index (χ2v) is 12.0. The first-order valence-corrected chi connectivity index (χ1v) is 12.8. The summed E-state index contributed by atoms with van der Waals surface area (Å²) in [5, 5.41) is 10.8. The second-order valence-electron chi connectivity index (χ2n) is 9.37. The Morgan fingerprint density at radius 2 is 1.42 bits per heavy atom. The van der Waals surface area contributed by atoms with Gasteiger partial charge in [0.1, 0.15) is 11.5 Å². The van der Waals surface area contributed by atoms with Crippen LogP contribution in [-0.2, 0) is 19.3 Å². The summed E-state index contributed by atoms with van der Waals surface area (Å²) in [6, 6.07) is 12.2. The molecule has 180 valence electrons. The minimum Gasteiger partial charge on any atom is -0.395 e. The van der Waals surface area contributed by atoms with Crippen LogP contribution < -0.4 is 9.05 Å². The topological polar surface area (TPSA) is 105 Å². The lowest BCUT2D eigenvalue weighted by Gasteiger charge is -2.21. The van der Waals surface area contributed by atoms with Crippen LogP contribution in [0.25, 0.3) is 0 Å². The van der Waals surface area contributed by atoms with Crippen molar-refractivity contribution in [3.63, 3.8) is 0 Å². The minimum absolute atomic E-state index is 0.0177. The van der Waals surface area contributed by atoms with Gasteiger partial charge in [-0.1, -0.05) is 65.4 Å². The molecule has 0 aliphatic rings. The number of hydrogen-bond acceptors (Lipinski definition) is 8. The molecule has 2 aromatic rings. The smallest absolute Gasteiger partial charge is 0.395 e. The molecule has 0 fully saturated rings. The Labute approximate surface area is 198 Å². The van der Waals surface area contributed by atoms with E-state index in [1.807, 2.05) is 32.9 Å². The maximum absolute atomic E-state index is 13.4. The van der Waals surface area contributed by atoms with Crippen LogP contribution in [0.3, 0.4) is 0 Å². The third-order valence-corrected chi connectivity index (χ3v) is 6.99. The number of carbonyl (C=O) groups excluding carboxylic acids is 1. The number of nitro groups is 1. The van der Waals surface area contributed by atoms with Crippen LogP contribution in [0.1, 0.15) is 47.1 Å². The number of benzene rings is 2. The highest BCUT2D eigenvalue weighted by molar-refractivity contribution is 8.13. The van der Waals surface area contributed by atoms with Gasteiger partial charge in [0, 0.05) is 23.3 Å². The average molecular weight is 496 g/mol. The van der Waals surface area contributed by atoms with Crippen LogP contribution in [0.4, 0.5) is 5.69 Å². The standard InChI is InChI=1S/C23H30NO7PS/c1-22(2,3)17-7-11-19(12-8-17)30-32(28,29-15-16-33-21(25)23(4,5)6)31-20-13-9-18(10-14-20)24(26)27/h7-14H,15-16H2,1-6H3. The predicted molar refractivity (Wildman–Crippen MR) is 130 cm³/mol. The van der Waals surface area contributed by atoms with Crippen molar-refractivity contribution in [2.75, 3.05) is 12.4 Å². The SMILES string of the molecule is CC(C)(C)C(=O)SCCOP(=O)(Oc1ccc([N+](=O)[O-])cc1)Oc1ccc(C(C)(C)C)cc1. The van der Waals surface area contributed by atoms with E-state index in [-0.39, 0.29) is 40.1 Å². The Hall–Kier alpha value is -2.35. The first kappa shape index (κ1) is 26.9. The number of phosphoric ester groups is 1. The van der Waals surface area contributed by atoms with Gasteiger partial charge in [0.05, 0.1) is 11.5 Å². The highest BCUT2D eigenvalue weighted by atomic mass is 32.2. The van der Waals surface area contributed by atoms with E-state index in [0.717, 1.165) is 17.3 Å². The number of non-ortho nitro benzene ring substituents is 1. The molecule has 1 atom stereocenters. The molecule has 0 bridgehead atoms. The second kappa shape index (κ2) is 10.7. The highest BCUT2D eigenvalue weighted by Crippen LogP contribution is 2.50. The predicted octanol–water partition coefficient (Wildman–Crippen LogP) is 6.78. The molecule has 0 N–H and O–H groups in total. The number of thioether (sulfide) groups is 1. The lowest BCUT2D eigenvalue weighted by Crippen LogP contribution is -2.17. The fourth-order valence-corrected chi connectivity index (χ4v) is 4.60. The van der Waals surface area contributed by atoms with Gasteiger partial charge in [0.25, 0.3) is 5.69 Å². The zero-order valence-corrected chi connectivity index (χ0v) is 21.4. The van der Waals surface area contributed by atoms with E-state index in [0.29, 0.717) is 0 Å². The van der Waals surface area contributed by atoms with E-state index in [1.54, 1.807) is 12.1 Å². The number of hydrogen-bond donors (Lipinski definition) is 0. The zero-order valence-electron chi connectivity index (χ0n) is 19.7. The molecule has 0 radical (unpaired) electrons. The number of nitro benzene ring substituents is 1. The summed E-state index contributed by atoms with van der Waals surface area (Å²) in [6.07, 6.45) is 0. The minimum atomic E-state index is -4.15. The highest BCUT2D eigenvalue weighted by Gasteiger charge is 2.32. The normalized spacial score (nSPS) is 13.8. The maximum Gasteiger partial charge on any atom is 0.587 e. The van der Waals surface area contributed by atoms with Gasteiger partial charge in [0.2, 0.25) is 0 Å². The number of carbonyl (C=O) groups is 1. The van der Waals surface area contributed by atoms with Gasteiger partial charge in [-0.2, -0.15) is 0 Å². The molecular weight excluding hydrogens is 465 g/mol. The Morgan fingerprint density at radius 1 is 0.939 bits per heavy atom. The van der Waals surface area contributed by atoms with Crippen LogP contribution >= 0.6 is 19.6 Å². The molecule has 0 amide bonds. The van der Waals surface area contributed by atoms with Crippen molar-refractivity contribution in [3.05, 3.63) is 64.2 Å². The Kier molecular flexibility index (Phi) is 8.74. The van der Waals surface area contributed by atoms with Gasteiger partial charge < -0.3 is 9.05 Å². The largest absolute Gasteiger partial charge is 0.587 e. The molecular formula is C23H30NO7PS. The first-order valence-electron chi connectivity index (χ1n) is 10.4. The summed E-state index contributed by atoms with van der Waals surface area (Å²) in [6.45, 7) is 11.6. The number of nitrogens with zero attached hydrogens (tertiary/aromatic N) is 1. The van der Waals surface area contributed by atoms with E-state index in [2.05, 4.69) is 20.8 Å². The van der Waals surface area contributed by atoms with Crippen LogP contribution in [-0.4, -0.2) is 22.4 Å². The first-order chi connectivity index (χ1) is 15.2. The van der Waals surface area contributed by atoms with Crippen molar-refractivity contribution in [2.24, 2.45) is 5.41 Å². The molecule has 2 aromatic carbocycles. The summed E-state index contributed by atoms with van der Waals surface area (Å²) < 4.78 is 30.0.